The minimum atomic E-state index is -5.03. The van der Waals surface area contributed by atoms with Gasteiger partial charge in [0.25, 0.3) is 5.91 Å². The molecule has 0 aliphatic carbocycles. The van der Waals surface area contributed by atoms with Gasteiger partial charge in [0.05, 0.1) is 38.1 Å². The summed E-state index contributed by atoms with van der Waals surface area (Å²) >= 11 is 12.5. The van der Waals surface area contributed by atoms with E-state index in [2.05, 4.69) is 4.74 Å². The van der Waals surface area contributed by atoms with Gasteiger partial charge in [-0.1, -0.05) is 35.3 Å². The molecule has 0 aromatic heterocycles. The van der Waals surface area contributed by atoms with E-state index in [0.29, 0.717) is 17.1 Å². The first-order chi connectivity index (χ1) is 19.9. The summed E-state index contributed by atoms with van der Waals surface area (Å²) in [6.07, 6.45) is -4.75. The molecule has 3 aromatic carbocycles. The Balaban J connectivity index is 2.15. The number of esters is 1. The van der Waals surface area contributed by atoms with E-state index in [1.165, 1.54) is 49.5 Å². The molecule has 3 aromatic rings. The minimum absolute atomic E-state index is 0.0268. The molecular formula is C29H26Cl2F3NO7. The minimum Gasteiger partial charge on any atom is -0.497 e. The molecule has 0 saturated heterocycles. The number of hydrogen-bond donors (Lipinski definition) is 1. The van der Waals surface area contributed by atoms with Crippen molar-refractivity contribution in [2.75, 3.05) is 25.7 Å². The van der Waals surface area contributed by atoms with Gasteiger partial charge in [0.15, 0.2) is 0 Å². The van der Waals surface area contributed by atoms with Gasteiger partial charge in [-0.2, -0.15) is 0 Å². The summed E-state index contributed by atoms with van der Waals surface area (Å²) in [4.78, 5) is 26.7. The topological polar surface area (TPSA) is 94.5 Å². The maximum Gasteiger partial charge on any atom is 0.573 e. The van der Waals surface area contributed by atoms with Crippen LogP contribution in [0.25, 0.3) is 0 Å². The number of rotatable bonds is 11. The SMILES string of the molecule is CCOC(=O)/C=C/C(=O)N(Cc1ccc(OC)cc1OC)c1ccc(Cl)cc1C(O)c1cccc(OC(F)(F)F)c1Cl. The number of methoxy groups -OCH3 is 2. The van der Waals surface area contributed by atoms with E-state index < -0.39 is 35.1 Å². The van der Waals surface area contributed by atoms with Gasteiger partial charge in [0, 0.05) is 39.9 Å². The highest BCUT2D eigenvalue weighted by molar-refractivity contribution is 6.33. The quantitative estimate of drug-likeness (QED) is 0.188. The fourth-order valence-corrected chi connectivity index (χ4v) is 4.40. The van der Waals surface area contributed by atoms with Crippen molar-refractivity contribution in [2.45, 2.75) is 25.9 Å². The van der Waals surface area contributed by atoms with E-state index in [4.69, 9.17) is 37.4 Å². The van der Waals surface area contributed by atoms with Crippen molar-refractivity contribution in [3.05, 3.63) is 93.5 Å². The van der Waals surface area contributed by atoms with Crippen LogP contribution in [0.5, 0.6) is 17.2 Å². The van der Waals surface area contributed by atoms with E-state index in [-0.39, 0.29) is 35.0 Å². The molecule has 0 aliphatic rings. The molecule has 1 atom stereocenters. The molecule has 8 nitrogen and oxygen atoms in total. The molecule has 1 unspecified atom stereocenters. The normalized spacial score (nSPS) is 12.1. The number of nitrogens with zero attached hydrogens (tertiary/aromatic N) is 1. The van der Waals surface area contributed by atoms with Gasteiger partial charge < -0.3 is 29.0 Å². The van der Waals surface area contributed by atoms with Crippen LogP contribution in [0.1, 0.15) is 29.7 Å². The number of halogens is 5. The fraction of sp³-hybridized carbons (Fsp3) is 0.241. The second-order valence-corrected chi connectivity index (χ2v) is 9.31. The van der Waals surface area contributed by atoms with E-state index in [9.17, 15) is 27.9 Å². The van der Waals surface area contributed by atoms with Crippen LogP contribution in [0.15, 0.2) is 66.7 Å². The number of aliphatic hydroxyl groups is 1. The zero-order chi connectivity index (χ0) is 31.0. The van der Waals surface area contributed by atoms with E-state index >= 15 is 0 Å². The monoisotopic (exact) mass is 627 g/mol. The molecule has 0 saturated carbocycles. The van der Waals surface area contributed by atoms with Crippen molar-refractivity contribution in [3.8, 4) is 17.2 Å². The lowest BCUT2D eigenvalue weighted by Gasteiger charge is -2.27. The number of aliphatic hydroxyl groups excluding tert-OH is 1. The maximum absolute atomic E-state index is 13.5. The van der Waals surface area contributed by atoms with Crippen LogP contribution in [-0.4, -0.2) is 44.2 Å². The summed E-state index contributed by atoms with van der Waals surface area (Å²) in [5.41, 5.74) is 0.518. The van der Waals surface area contributed by atoms with Gasteiger partial charge in [-0.05, 0) is 43.3 Å². The van der Waals surface area contributed by atoms with Gasteiger partial charge >= 0.3 is 12.3 Å². The second-order valence-electron chi connectivity index (χ2n) is 8.50. The van der Waals surface area contributed by atoms with E-state index in [0.717, 1.165) is 18.2 Å². The van der Waals surface area contributed by atoms with Crippen LogP contribution in [0.3, 0.4) is 0 Å². The predicted molar refractivity (Wildman–Crippen MR) is 150 cm³/mol. The number of carbonyl (C=O) groups is 2. The van der Waals surface area contributed by atoms with Gasteiger partial charge in [0.1, 0.15) is 23.4 Å². The number of ether oxygens (including phenoxy) is 4. The summed E-state index contributed by atoms with van der Waals surface area (Å²) < 4.78 is 58.3. The van der Waals surface area contributed by atoms with Crippen LogP contribution < -0.4 is 19.1 Å². The number of alkyl halides is 3. The third-order valence-electron chi connectivity index (χ3n) is 5.83. The zero-order valence-electron chi connectivity index (χ0n) is 22.6. The Kier molecular flexibility index (Phi) is 11.1. The summed E-state index contributed by atoms with van der Waals surface area (Å²) in [6, 6.07) is 12.7. The lowest BCUT2D eigenvalue weighted by Crippen LogP contribution is -2.30. The van der Waals surface area contributed by atoms with Gasteiger partial charge in [0.2, 0.25) is 0 Å². The first-order valence-electron chi connectivity index (χ1n) is 12.3. The third kappa shape index (κ3) is 8.31. The fourth-order valence-electron chi connectivity index (χ4n) is 3.95. The predicted octanol–water partition coefficient (Wildman–Crippen LogP) is 6.64. The van der Waals surface area contributed by atoms with Crippen LogP contribution in [0.2, 0.25) is 10.0 Å². The summed E-state index contributed by atoms with van der Waals surface area (Å²) in [5, 5.41) is 11.1. The first kappa shape index (κ1) is 32.6. The third-order valence-corrected chi connectivity index (χ3v) is 6.47. The van der Waals surface area contributed by atoms with E-state index in [1.54, 1.807) is 25.1 Å². The molecule has 13 heteroatoms. The van der Waals surface area contributed by atoms with Crippen LogP contribution in [0.4, 0.5) is 18.9 Å². The molecule has 224 valence electrons. The number of benzene rings is 3. The molecule has 1 amide bonds. The Morgan fingerprint density at radius 2 is 1.71 bits per heavy atom. The molecule has 42 heavy (non-hydrogen) atoms. The highest BCUT2D eigenvalue weighted by Gasteiger charge is 2.33. The second kappa shape index (κ2) is 14.3. The van der Waals surface area contributed by atoms with Gasteiger partial charge in [-0.25, -0.2) is 4.79 Å². The number of hydrogen-bond acceptors (Lipinski definition) is 7. The maximum atomic E-state index is 13.5. The van der Waals surface area contributed by atoms with Crippen LogP contribution >= 0.6 is 23.2 Å². The summed E-state index contributed by atoms with van der Waals surface area (Å²) in [7, 11) is 2.91. The highest BCUT2D eigenvalue weighted by atomic mass is 35.5. The molecule has 0 radical (unpaired) electrons. The Morgan fingerprint density at radius 3 is 2.36 bits per heavy atom. The van der Waals surface area contributed by atoms with Crippen molar-refractivity contribution in [3.63, 3.8) is 0 Å². The Labute approximate surface area is 249 Å². The van der Waals surface area contributed by atoms with Crippen molar-refractivity contribution >= 4 is 40.8 Å². The van der Waals surface area contributed by atoms with Crippen molar-refractivity contribution < 1.29 is 46.8 Å². The number of carbonyl (C=O) groups excluding carboxylic acids is 2. The number of amides is 1. The van der Waals surface area contributed by atoms with Crippen LogP contribution in [0, 0.1) is 0 Å². The van der Waals surface area contributed by atoms with E-state index in [1.807, 2.05) is 0 Å². The highest BCUT2D eigenvalue weighted by Crippen LogP contribution is 2.41. The summed E-state index contributed by atoms with van der Waals surface area (Å²) in [6.45, 7) is 1.57. The van der Waals surface area contributed by atoms with Crippen molar-refractivity contribution in [1.29, 1.82) is 0 Å². The zero-order valence-corrected chi connectivity index (χ0v) is 24.1. The Hall–Kier alpha value is -3.93. The lowest BCUT2D eigenvalue weighted by molar-refractivity contribution is -0.274. The van der Waals surface area contributed by atoms with Crippen molar-refractivity contribution in [2.24, 2.45) is 0 Å². The first-order valence-corrected chi connectivity index (χ1v) is 13.0. The van der Waals surface area contributed by atoms with Crippen LogP contribution in [-0.2, 0) is 20.9 Å². The molecule has 0 heterocycles. The Bertz CT molecular complexity index is 1460. The van der Waals surface area contributed by atoms with Crippen molar-refractivity contribution in [1.82, 2.24) is 0 Å². The summed E-state index contributed by atoms with van der Waals surface area (Å²) in [5.74, 6) is -1.31. The lowest BCUT2D eigenvalue weighted by atomic mass is 9.98. The molecule has 0 bridgehead atoms. The molecule has 0 fully saturated rings. The molecule has 3 rings (SSSR count). The average Bonchev–Trinajstić information content (AvgIpc) is 2.95. The van der Waals surface area contributed by atoms with Gasteiger partial charge in [-0.15, -0.1) is 13.2 Å². The largest absolute Gasteiger partial charge is 0.573 e. The molecule has 0 aliphatic heterocycles. The molecule has 1 N–H and O–H groups in total. The average molecular weight is 628 g/mol. The standard InChI is InChI=1S/C29H26Cl2F3NO7/c1-4-41-26(37)13-12-25(36)35(16-17-8-10-19(39-2)15-24(17)40-3)22-11-9-18(30)14-21(22)28(38)20-6-5-7-23(27(20)31)42-29(32,33)34/h5-15,28,38H,4,16H2,1-3H3/b13-12+. The van der Waals surface area contributed by atoms with Gasteiger partial charge in [-0.3, -0.25) is 4.79 Å². The Morgan fingerprint density at radius 1 is 0.976 bits per heavy atom. The smallest absolute Gasteiger partial charge is 0.497 e. The molecule has 0 spiro atoms. The number of anilines is 1. The molecular weight excluding hydrogens is 602 g/mol.